The molecule has 0 radical (unpaired) electrons. The van der Waals surface area contributed by atoms with E-state index in [0.29, 0.717) is 29.3 Å². The molecule has 6 heteroatoms. The van der Waals surface area contributed by atoms with Crippen LogP contribution in [0.5, 0.6) is 0 Å². The fourth-order valence-corrected chi connectivity index (χ4v) is 2.95. The molecule has 1 atom stereocenters. The van der Waals surface area contributed by atoms with Crippen LogP contribution in [-0.4, -0.2) is 22.5 Å². The quantitative estimate of drug-likeness (QED) is 0.855. The summed E-state index contributed by atoms with van der Waals surface area (Å²) in [5, 5.41) is 14.0. The van der Waals surface area contributed by atoms with E-state index in [4.69, 9.17) is 5.26 Å². The summed E-state index contributed by atoms with van der Waals surface area (Å²) in [7, 11) is -1.02. The minimum Gasteiger partial charge on any atom is -0.337 e. The molecule has 0 aromatic heterocycles. The number of nitrogens with one attached hydrogen (secondary N) is 2. The number of hydrogen-bond donors (Lipinski definition) is 2. The van der Waals surface area contributed by atoms with Crippen molar-refractivity contribution in [3.8, 4) is 6.07 Å². The summed E-state index contributed by atoms with van der Waals surface area (Å²) in [5.74, 6) is 0.884. The van der Waals surface area contributed by atoms with Gasteiger partial charge in [0.15, 0.2) is 0 Å². The van der Waals surface area contributed by atoms with Gasteiger partial charge in [-0.15, -0.1) is 0 Å². The molecule has 0 heterocycles. The molecule has 0 fully saturated rings. The Morgan fingerprint density at radius 3 is 2.43 bits per heavy atom. The zero-order valence-corrected chi connectivity index (χ0v) is 13.3. The number of hydrogen-bond acceptors (Lipinski definition) is 3. The van der Waals surface area contributed by atoms with Crippen molar-refractivity contribution in [1.29, 1.82) is 5.26 Å². The van der Waals surface area contributed by atoms with E-state index < -0.39 is 10.8 Å². The lowest BCUT2D eigenvalue weighted by molar-refractivity contribution is 0.252. The van der Waals surface area contributed by atoms with Crippen LogP contribution >= 0.6 is 0 Å². The summed E-state index contributed by atoms with van der Waals surface area (Å²) in [6, 6.07) is 17.8. The number of carbonyl (C=O) groups is 1. The molecule has 0 unspecified atom stereocenters. The van der Waals surface area contributed by atoms with Gasteiger partial charge in [-0.05, 0) is 29.8 Å². The predicted molar refractivity (Wildman–Crippen MR) is 91.3 cm³/mol. The number of rotatable bonds is 6. The maximum Gasteiger partial charge on any atom is 0.319 e. The summed E-state index contributed by atoms with van der Waals surface area (Å²) < 4.78 is 11.9. The van der Waals surface area contributed by atoms with Gasteiger partial charge in [0, 0.05) is 34.5 Å². The number of urea groups is 1. The fraction of sp³-hybridized carbons (Fsp3) is 0.176. The van der Waals surface area contributed by atoms with E-state index in [0.717, 1.165) is 5.56 Å². The average Bonchev–Trinajstić information content (AvgIpc) is 2.56. The highest BCUT2D eigenvalue weighted by Gasteiger charge is 2.04. The first-order chi connectivity index (χ1) is 11.2. The van der Waals surface area contributed by atoms with Gasteiger partial charge >= 0.3 is 6.03 Å². The smallest absolute Gasteiger partial charge is 0.319 e. The number of anilines is 1. The predicted octanol–water partition coefficient (Wildman–Crippen LogP) is 2.63. The van der Waals surface area contributed by atoms with Gasteiger partial charge in [0.05, 0.1) is 11.6 Å². The number of nitriles is 1. The second kappa shape index (κ2) is 8.71. The minimum absolute atomic E-state index is 0.335. The normalized spacial score (nSPS) is 11.3. The van der Waals surface area contributed by atoms with Crippen LogP contribution in [0.25, 0.3) is 0 Å². The molecule has 2 rings (SSSR count). The highest BCUT2D eigenvalue weighted by molar-refractivity contribution is 7.84. The molecule has 0 bridgehead atoms. The Morgan fingerprint density at radius 1 is 1.09 bits per heavy atom. The van der Waals surface area contributed by atoms with Gasteiger partial charge in [-0.3, -0.25) is 4.21 Å². The highest BCUT2D eigenvalue weighted by atomic mass is 32.2. The van der Waals surface area contributed by atoms with Crippen molar-refractivity contribution in [2.45, 2.75) is 5.75 Å². The minimum atomic E-state index is -1.02. The molecule has 0 aliphatic carbocycles. The topological polar surface area (TPSA) is 82.0 Å². The van der Waals surface area contributed by atoms with E-state index >= 15 is 0 Å². The maximum atomic E-state index is 11.9. The second-order valence-corrected chi connectivity index (χ2v) is 6.42. The molecule has 0 aliphatic rings. The number of nitrogens with zero attached hydrogens (tertiary/aromatic N) is 1. The van der Waals surface area contributed by atoms with Gasteiger partial charge in [0.2, 0.25) is 0 Å². The lowest BCUT2D eigenvalue weighted by Gasteiger charge is -2.08. The van der Waals surface area contributed by atoms with Gasteiger partial charge in [-0.2, -0.15) is 5.26 Å². The van der Waals surface area contributed by atoms with Gasteiger partial charge < -0.3 is 10.6 Å². The summed E-state index contributed by atoms with van der Waals surface area (Å²) >= 11 is 0. The third-order valence-electron chi connectivity index (χ3n) is 3.06. The van der Waals surface area contributed by atoms with Crippen molar-refractivity contribution in [1.82, 2.24) is 5.32 Å². The number of carbonyl (C=O) groups excluding carboxylic acids is 1. The molecule has 0 spiro atoms. The van der Waals surface area contributed by atoms with Crippen molar-refractivity contribution in [2.24, 2.45) is 0 Å². The van der Waals surface area contributed by atoms with E-state index in [-0.39, 0.29) is 6.03 Å². The van der Waals surface area contributed by atoms with Crippen LogP contribution in [-0.2, 0) is 16.6 Å². The number of amides is 2. The Morgan fingerprint density at radius 2 is 1.78 bits per heavy atom. The van der Waals surface area contributed by atoms with Crippen LogP contribution in [0.3, 0.4) is 0 Å². The van der Waals surface area contributed by atoms with Crippen LogP contribution in [0.4, 0.5) is 10.5 Å². The molecule has 2 aromatic carbocycles. The Balaban J connectivity index is 1.70. The van der Waals surface area contributed by atoms with E-state index in [2.05, 4.69) is 10.6 Å². The molecule has 5 nitrogen and oxygen atoms in total. The fourth-order valence-electron chi connectivity index (χ4n) is 1.91. The largest absolute Gasteiger partial charge is 0.337 e. The molecule has 23 heavy (non-hydrogen) atoms. The van der Waals surface area contributed by atoms with Crippen LogP contribution in [0.2, 0.25) is 0 Å². The summed E-state index contributed by atoms with van der Waals surface area (Å²) in [5.41, 5.74) is 2.16. The SMILES string of the molecule is N#Cc1ccc(NC(=O)NCC[S@@](=O)Cc2ccccc2)cc1. The van der Waals surface area contributed by atoms with Crippen LogP contribution in [0.15, 0.2) is 54.6 Å². The van der Waals surface area contributed by atoms with Crippen molar-refractivity contribution in [2.75, 3.05) is 17.6 Å². The molecule has 0 aliphatic heterocycles. The zero-order valence-electron chi connectivity index (χ0n) is 12.5. The molecule has 118 valence electrons. The van der Waals surface area contributed by atoms with Crippen molar-refractivity contribution in [3.63, 3.8) is 0 Å². The van der Waals surface area contributed by atoms with Crippen molar-refractivity contribution >= 4 is 22.5 Å². The maximum absolute atomic E-state index is 11.9. The van der Waals surface area contributed by atoms with Crippen LogP contribution in [0, 0.1) is 11.3 Å². The van der Waals surface area contributed by atoms with E-state index in [1.807, 2.05) is 36.4 Å². The molecule has 2 aromatic rings. The highest BCUT2D eigenvalue weighted by Crippen LogP contribution is 2.08. The molecule has 2 N–H and O–H groups in total. The second-order valence-electron chi connectivity index (χ2n) is 4.84. The summed E-state index contributed by atoms with van der Waals surface area (Å²) in [4.78, 5) is 11.7. The third-order valence-corrected chi connectivity index (χ3v) is 4.37. The first kappa shape index (κ1) is 16.7. The van der Waals surface area contributed by atoms with Gasteiger partial charge in [-0.1, -0.05) is 30.3 Å². The first-order valence-corrected chi connectivity index (χ1v) is 8.60. The van der Waals surface area contributed by atoms with Crippen molar-refractivity contribution < 1.29 is 9.00 Å². The molecular formula is C17H17N3O2S. The van der Waals surface area contributed by atoms with Gasteiger partial charge in [0.25, 0.3) is 0 Å². The molecule has 2 amide bonds. The van der Waals surface area contributed by atoms with Crippen LogP contribution < -0.4 is 10.6 Å². The lowest BCUT2D eigenvalue weighted by atomic mass is 10.2. The Bertz CT molecular complexity index is 709. The van der Waals surface area contributed by atoms with E-state index in [9.17, 15) is 9.00 Å². The van der Waals surface area contributed by atoms with Gasteiger partial charge in [0.1, 0.15) is 0 Å². The summed E-state index contributed by atoms with van der Waals surface area (Å²) in [6.07, 6.45) is 0. The Hall–Kier alpha value is -2.65. The monoisotopic (exact) mass is 327 g/mol. The molecular weight excluding hydrogens is 310 g/mol. The van der Waals surface area contributed by atoms with Crippen molar-refractivity contribution in [3.05, 3.63) is 65.7 Å². The summed E-state index contributed by atoms with van der Waals surface area (Å²) in [6.45, 7) is 0.335. The zero-order chi connectivity index (χ0) is 16.5. The third kappa shape index (κ3) is 5.93. The standard InChI is InChI=1S/C17H17N3O2S/c18-12-14-6-8-16(9-7-14)20-17(21)19-10-11-23(22)13-15-4-2-1-3-5-15/h1-9H,10-11,13H2,(H2,19,20,21)/t23-/m1/s1. The molecule has 0 saturated carbocycles. The van der Waals surface area contributed by atoms with E-state index in [1.165, 1.54) is 0 Å². The van der Waals surface area contributed by atoms with E-state index in [1.54, 1.807) is 24.3 Å². The lowest BCUT2D eigenvalue weighted by Crippen LogP contribution is -2.32. The first-order valence-electron chi connectivity index (χ1n) is 7.11. The van der Waals surface area contributed by atoms with Crippen LogP contribution in [0.1, 0.15) is 11.1 Å². The number of benzene rings is 2. The molecule has 0 saturated heterocycles. The van der Waals surface area contributed by atoms with Gasteiger partial charge in [-0.25, -0.2) is 4.79 Å². The average molecular weight is 327 g/mol. The Kier molecular flexibility index (Phi) is 6.33. The Labute approximate surface area is 137 Å².